The quantitative estimate of drug-likeness (QED) is 0.625. The van der Waals surface area contributed by atoms with Crippen molar-refractivity contribution in [2.45, 2.75) is 11.8 Å². The predicted octanol–water partition coefficient (Wildman–Crippen LogP) is 1.54. The molecule has 0 atom stereocenters. The van der Waals surface area contributed by atoms with E-state index in [2.05, 4.69) is 5.32 Å². The first-order valence-electron chi connectivity index (χ1n) is 3.91. The van der Waals surface area contributed by atoms with Gasteiger partial charge in [0.2, 0.25) is 5.91 Å². The molecule has 15 heavy (non-hydrogen) atoms. The minimum absolute atomic E-state index is 0.204. The molecule has 0 aliphatic heterocycles. The molecule has 0 saturated carbocycles. The highest BCUT2D eigenvalue weighted by molar-refractivity contribution is 8.69. The van der Waals surface area contributed by atoms with Crippen molar-refractivity contribution in [3.63, 3.8) is 0 Å². The zero-order valence-corrected chi connectivity index (χ0v) is 9.43. The van der Waals surface area contributed by atoms with Crippen LogP contribution in [0, 0.1) is 0 Å². The average molecular weight is 247 g/mol. The van der Waals surface area contributed by atoms with Gasteiger partial charge in [0.15, 0.2) is 0 Å². The van der Waals surface area contributed by atoms with Crippen LogP contribution < -0.4 is 5.32 Å². The monoisotopic (exact) mass is 247 g/mol. The second-order valence-electron chi connectivity index (χ2n) is 2.72. The molecule has 82 valence electrons. The van der Waals surface area contributed by atoms with Crippen LogP contribution >= 0.6 is 10.8 Å². The third-order valence-corrected chi connectivity index (χ3v) is 3.26. The van der Waals surface area contributed by atoms with Crippen molar-refractivity contribution in [2.24, 2.45) is 0 Å². The van der Waals surface area contributed by atoms with Gasteiger partial charge in [-0.3, -0.25) is 9.35 Å². The van der Waals surface area contributed by atoms with E-state index >= 15 is 0 Å². The summed E-state index contributed by atoms with van der Waals surface area (Å²) < 4.78 is 29.6. The third-order valence-electron chi connectivity index (χ3n) is 1.38. The predicted molar refractivity (Wildman–Crippen MR) is 58.2 cm³/mol. The Bertz CT molecular complexity index is 452. The Labute approximate surface area is 91.0 Å². The number of nitrogens with one attached hydrogen (secondary N) is 1. The van der Waals surface area contributed by atoms with Gasteiger partial charge in [0.1, 0.15) is 0 Å². The largest absolute Gasteiger partial charge is 0.326 e. The van der Waals surface area contributed by atoms with Crippen molar-refractivity contribution in [1.82, 2.24) is 0 Å². The Kier molecular flexibility index (Phi) is 3.72. The van der Waals surface area contributed by atoms with Crippen molar-refractivity contribution in [1.29, 1.82) is 0 Å². The highest BCUT2D eigenvalue weighted by atomic mass is 33.1. The molecule has 1 amide bonds. The van der Waals surface area contributed by atoms with Crippen LogP contribution in [0.2, 0.25) is 0 Å². The lowest BCUT2D eigenvalue weighted by atomic mass is 10.3. The number of anilines is 1. The molecule has 0 bridgehead atoms. The maximum atomic E-state index is 10.7. The number of carbonyl (C=O) groups excluding carboxylic acids is 1. The molecule has 1 aromatic carbocycles. The number of benzene rings is 1. The Morgan fingerprint density at radius 3 is 2.27 bits per heavy atom. The number of carbonyl (C=O) groups is 1. The van der Waals surface area contributed by atoms with Crippen molar-refractivity contribution >= 4 is 31.5 Å². The zero-order chi connectivity index (χ0) is 11.5. The van der Waals surface area contributed by atoms with Crippen LogP contribution in [0.3, 0.4) is 0 Å². The smallest absolute Gasteiger partial charge is 0.324 e. The summed E-state index contributed by atoms with van der Waals surface area (Å²) in [4.78, 5) is 11.1. The number of rotatable bonds is 3. The fraction of sp³-hybridized carbons (Fsp3) is 0.125. The molecular formula is C8H9NO4S2. The fourth-order valence-electron chi connectivity index (χ4n) is 0.919. The van der Waals surface area contributed by atoms with Crippen LogP contribution in [-0.4, -0.2) is 18.9 Å². The van der Waals surface area contributed by atoms with Gasteiger partial charge in [-0.25, -0.2) is 0 Å². The molecule has 0 fully saturated rings. The van der Waals surface area contributed by atoms with E-state index in [1.807, 2.05) is 0 Å². The normalized spacial score (nSPS) is 11.1. The number of hydrogen-bond donors (Lipinski definition) is 2. The fourth-order valence-corrected chi connectivity index (χ4v) is 2.47. The van der Waals surface area contributed by atoms with E-state index in [1.54, 1.807) is 12.1 Å². The Hall–Kier alpha value is -1.05. The van der Waals surface area contributed by atoms with Gasteiger partial charge < -0.3 is 5.32 Å². The second-order valence-corrected chi connectivity index (χ2v) is 5.97. The van der Waals surface area contributed by atoms with Crippen molar-refractivity contribution < 1.29 is 17.8 Å². The van der Waals surface area contributed by atoms with Crippen LogP contribution in [0.1, 0.15) is 6.92 Å². The molecule has 0 unspecified atom stereocenters. The topological polar surface area (TPSA) is 83.5 Å². The lowest BCUT2D eigenvalue weighted by Crippen LogP contribution is -2.05. The molecule has 0 spiro atoms. The lowest BCUT2D eigenvalue weighted by Gasteiger charge is -2.02. The molecule has 7 heteroatoms. The second kappa shape index (κ2) is 4.65. The van der Waals surface area contributed by atoms with Gasteiger partial charge in [0, 0.05) is 28.3 Å². The summed E-state index contributed by atoms with van der Waals surface area (Å²) >= 11 is 0. The van der Waals surface area contributed by atoms with E-state index in [0.29, 0.717) is 21.4 Å². The standard InChI is InChI=1S/C8H9NO4S2/c1-6(10)9-7-2-4-8(5-3-7)14-15(11,12)13/h2-5H,1H3,(H,9,10)(H,11,12,13). The minimum atomic E-state index is -4.08. The van der Waals surface area contributed by atoms with E-state index in [9.17, 15) is 13.2 Å². The molecule has 1 rings (SSSR count). The van der Waals surface area contributed by atoms with E-state index in [4.69, 9.17) is 4.55 Å². The highest BCUT2D eigenvalue weighted by Gasteiger charge is 2.07. The number of hydrogen-bond acceptors (Lipinski definition) is 4. The van der Waals surface area contributed by atoms with Crippen LogP contribution in [0.5, 0.6) is 0 Å². The SMILES string of the molecule is CC(=O)Nc1ccc(SS(=O)(=O)O)cc1. The maximum absolute atomic E-state index is 10.7. The Balaban J connectivity index is 2.77. The van der Waals surface area contributed by atoms with E-state index in [0.717, 1.165) is 0 Å². The summed E-state index contributed by atoms with van der Waals surface area (Å²) in [5.74, 6) is -0.204. The van der Waals surface area contributed by atoms with Gasteiger partial charge in [-0.15, -0.1) is 0 Å². The number of amides is 1. The highest BCUT2D eigenvalue weighted by Crippen LogP contribution is 2.24. The van der Waals surface area contributed by atoms with E-state index < -0.39 is 9.15 Å². The van der Waals surface area contributed by atoms with E-state index in [-0.39, 0.29) is 5.91 Å². The van der Waals surface area contributed by atoms with Crippen molar-refractivity contribution in [3.8, 4) is 0 Å². The summed E-state index contributed by atoms with van der Waals surface area (Å²) in [5.41, 5.74) is 0.571. The molecule has 0 aliphatic carbocycles. The molecule has 0 aromatic heterocycles. The first-order chi connectivity index (χ1) is 6.87. The molecule has 0 aliphatic rings. The van der Waals surface area contributed by atoms with Gasteiger partial charge in [-0.05, 0) is 24.3 Å². The Morgan fingerprint density at radius 2 is 1.87 bits per heavy atom. The Morgan fingerprint density at radius 1 is 1.33 bits per heavy atom. The van der Waals surface area contributed by atoms with Crippen molar-refractivity contribution in [3.05, 3.63) is 24.3 Å². The van der Waals surface area contributed by atoms with Crippen molar-refractivity contribution in [2.75, 3.05) is 5.32 Å². The summed E-state index contributed by atoms with van der Waals surface area (Å²) in [7, 11) is -3.74. The third kappa shape index (κ3) is 4.82. The molecule has 1 aromatic rings. The van der Waals surface area contributed by atoms with Gasteiger partial charge in [0.05, 0.1) is 0 Å². The van der Waals surface area contributed by atoms with Crippen LogP contribution in [0.15, 0.2) is 29.2 Å². The molecule has 0 heterocycles. The lowest BCUT2D eigenvalue weighted by molar-refractivity contribution is -0.114. The summed E-state index contributed by atoms with van der Waals surface area (Å²) in [6, 6.07) is 6.08. The van der Waals surface area contributed by atoms with Crippen LogP contribution in [0.4, 0.5) is 5.69 Å². The van der Waals surface area contributed by atoms with E-state index in [1.165, 1.54) is 19.1 Å². The summed E-state index contributed by atoms with van der Waals surface area (Å²) in [6.45, 7) is 1.38. The maximum Gasteiger partial charge on any atom is 0.324 e. The summed E-state index contributed by atoms with van der Waals surface area (Å²) in [6.07, 6.45) is 0. The first-order valence-corrected chi connectivity index (χ1v) is 6.69. The molecular weight excluding hydrogens is 238 g/mol. The zero-order valence-electron chi connectivity index (χ0n) is 7.80. The summed E-state index contributed by atoms with van der Waals surface area (Å²) in [5, 5.41) is 2.53. The average Bonchev–Trinajstić information content (AvgIpc) is 2.05. The molecule has 5 nitrogen and oxygen atoms in total. The molecule has 2 N–H and O–H groups in total. The van der Waals surface area contributed by atoms with Crippen LogP contribution in [-0.2, 0) is 13.9 Å². The van der Waals surface area contributed by atoms with Gasteiger partial charge in [-0.2, -0.15) is 8.42 Å². The van der Waals surface area contributed by atoms with Gasteiger partial charge >= 0.3 is 9.15 Å². The first kappa shape index (κ1) is 12.0. The molecule has 0 radical (unpaired) electrons. The molecule has 0 saturated heterocycles. The van der Waals surface area contributed by atoms with Gasteiger partial charge in [0.25, 0.3) is 0 Å². The van der Waals surface area contributed by atoms with Crippen LogP contribution in [0.25, 0.3) is 0 Å². The van der Waals surface area contributed by atoms with Gasteiger partial charge in [-0.1, -0.05) is 0 Å². The minimum Gasteiger partial charge on any atom is -0.326 e.